The molecule has 2 amide bonds. The highest BCUT2D eigenvalue weighted by molar-refractivity contribution is 5.86. The van der Waals surface area contributed by atoms with Crippen molar-refractivity contribution >= 4 is 17.8 Å². The molecule has 0 aromatic heterocycles. The first kappa shape index (κ1) is 26.1. The minimum atomic E-state index is -0.578. The Hall–Kier alpha value is -2.93. The number of esters is 1. The van der Waals surface area contributed by atoms with Crippen molar-refractivity contribution in [2.24, 2.45) is 5.92 Å². The van der Waals surface area contributed by atoms with Crippen LogP contribution in [-0.2, 0) is 25.7 Å². The Balaban J connectivity index is 2.53. The van der Waals surface area contributed by atoms with E-state index in [4.69, 9.17) is 4.74 Å². The Morgan fingerprint density at radius 2 is 1.90 bits per heavy atom. The lowest BCUT2D eigenvalue weighted by molar-refractivity contribution is -0.144. The van der Waals surface area contributed by atoms with E-state index < -0.39 is 5.92 Å². The SMILES string of the molecule is C=CCCCC(=O)OCCNC(=O)[C@H](CC=C)CC(=O)N(CCO)Cc1ccccc1. The van der Waals surface area contributed by atoms with Gasteiger partial charge in [-0.1, -0.05) is 42.5 Å². The monoisotopic (exact) mass is 430 g/mol. The van der Waals surface area contributed by atoms with Gasteiger partial charge in [0.25, 0.3) is 0 Å². The van der Waals surface area contributed by atoms with Gasteiger partial charge in [-0.3, -0.25) is 14.4 Å². The molecule has 7 nitrogen and oxygen atoms in total. The number of rotatable bonds is 16. The van der Waals surface area contributed by atoms with Gasteiger partial charge in [-0.15, -0.1) is 13.2 Å². The molecule has 1 aromatic carbocycles. The van der Waals surface area contributed by atoms with Crippen LogP contribution in [0.3, 0.4) is 0 Å². The summed E-state index contributed by atoms with van der Waals surface area (Å²) in [5.74, 6) is -1.40. The lowest BCUT2D eigenvalue weighted by atomic mass is 9.99. The number of nitrogens with zero attached hydrogens (tertiary/aromatic N) is 1. The van der Waals surface area contributed by atoms with Crippen LogP contribution in [0, 0.1) is 5.92 Å². The van der Waals surface area contributed by atoms with Crippen LogP contribution in [0.4, 0.5) is 0 Å². The number of unbranched alkanes of at least 4 members (excludes halogenated alkanes) is 1. The number of aliphatic hydroxyl groups is 1. The van der Waals surface area contributed by atoms with E-state index in [-0.39, 0.29) is 50.5 Å². The van der Waals surface area contributed by atoms with Gasteiger partial charge in [-0.2, -0.15) is 0 Å². The summed E-state index contributed by atoms with van der Waals surface area (Å²) in [5, 5.41) is 12.0. The number of nitrogens with one attached hydrogen (secondary N) is 1. The van der Waals surface area contributed by atoms with Crippen LogP contribution in [0.25, 0.3) is 0 Å². The number of hydrogen-bond donors (Lipinski definition) is 2. The predicted molar refractivity (Wildman–Crippen MR) is 120 cm³/mol. The molecular formula is C24H34N2O5. The van der Waals surface area contributed by atoms with Crippen LogP contribution in [0.15, 0.2) is 55.6 Å². The van der Waals surface area contributed by atoms with Crippen molar-refractivity contribution in [1.29, 1.82) is 0 Å². The molecule has 1 aromatic rings. The maximum absolute atomic E-state index is 12.8. The lowest BCUT2D eigenvalue weighted by Gasteiger charge is -2.24. The third kappa shape index (κ3) is 11.1. The number of carbonyl (C=O) groups excluding carboxylic acids is 3. The van der Waals surface area contributed by atoms with E-state index in [1.807, 2.05) is 30.3 Å². The summed E-state index contributed by atoms with van der Waals surface area (Å²) >= 11 is 0. The van der Waals surface area contributed by atoms with Gasteiger partial charge >= 0.3 is 5.97 Å². The zero-order valence-electron chi connectivity index (χ0n) is 18.1. The molecule has 2 N–H and O–H groups in total. The largest absolute Gasteiger partial charge is 0.464 e. The summed E-state index contributed by atoms with van der Waals surface area (Å²) in [7, 11) is 0. The first-order chi connectivity index (χ1) is 15.0. The van der Waals surface area contributed by atoms with E-state index in [1.165, 1.54) is 0 Å². The van der Waals surface area contributed by atoms with Gasteiger partial charge in [0.2, 0.25) is 11.8 Å². The average Bonchev–Trinajstić information content (AvgIpc) is 2.76. The Morgan fingerprint density at radius 3 is 2.55 bits per heavy atom. The fourth-order valence-electron chi connectivity index (χ4n) is 2.99. The standard InChI is InChI=1S/C24H34N2O5/c1-3-5-7-13-23(29)31-17-14-25-24(30)21(10-4-2)18-22(28)26(15-16-27)19-20-11-8-6-9-12-20/h3-4,6,8-9,11-12,21,27H,1-2,5,7,10,13-19H2,(H,25,30)/t21-/m1/s1. The molecule has 0 aliphatic rings. The Labute approximate surface area is 184 Å². The fourth-order valence-corrected chi connectivity index (χ4v) is 2.99. The van der Waals surface area contributed by atoms with Crippen LogP contribution in [-0.4, -0.2) is 54.1 Å². The first-order valence-corrected chi connectivity index (χ1v) is 10.6. The van der Waals surface area contributed by atoms with E-state index in [0.717, 1.165) is 12.0 Å². The molecule has 0 bridgehead atoms. The second-order valence-corrected chi connectivity index (χ2v) is 7.14. The van der Waals surface area contributed by atoms with Gasteiger partial charge in [-0.25, -0.2) is 0 Å². The maximum Gasteiger partial charge on any atom is 0.305 e. The molecule has 0 saturated carbocycles. The van der Waals surface area contributed by atoms with Gasteiger partial charge < -0.3 is 20.1 Å². The van der Waals surface area contributed by atoms with E-state index in [2.05, 4.69) is 18.5 Å². The fraction of sp³-hybridized carbons (Fsp3) is 0.458. The molecule has 0 aliphatic heterocycles. The molecule has 1 atom stereocenters. The quantitative estimate of drug-likeness (QED) is 0.239. The van der Waals surface area contributed by atoms with Crippen molar-refractivity contribution in [3.63, 3.8) is 0 Å². The maximum atomic E-state index is 12.8. The third-order valence-corrected chi connectivity index (χ3v) is 4.64. The number of aliphatic hydroxyl groups excluding tert-OH is 1. The average molecular weight is 431 g/mol. The summed E-state index contributed by atoms with van der Waals surface area (Å²) in [6, 6.07) is 9.48. The molecule has 0 spiro atoms. The highest BCUT2D eigenvalue weighted by atomic mass is 16.5. The second-order valence-electron chi connectivity index (χ2n) is 7.14. The third-order valence-electron chi connectivity index (χ3n) is 4.64. The van der Waals surface area contributed by atoms with Gasteiger partial charge in [0.1, 0.15) is 6.61 Å². The van der Waals surface area contributed by atoms with E-state index in [1.54, 1.807) is 17.1 Å². The van der Waals surface area contributed by atoms with Crippen molar-refractivity contribution in [2.45, 2.75) is 38.6 Å². The van der Waals surface area contributed by atoms with Gasteiger partial charge in [0.15, 0.2) is 0 Å². The molecule has 31 heavy (non-hydrogen) atoms. The van der Waals surface area contributed by atoms with Crippen molar-refractivity contribution in [3.8, 4) is 0 Å². The molecule has 0 fully saturated rings. The van der Waals surface area contributed by atoms with Crippen molar-refractivity contribution in [2.75, 3.05) is 26.3 Å². The van der Waals surface area contributed by atoms with Crippen LogP contribution < -0.4 is 5.32 Å². The molecule has 0 radical (unpaired) electrons. The Bertz CT molecular complexity index is 705. The summed E-state index contributed by atoms with van der Waals surface area (Å²) in [6.07, 6.45) is 5.45. The number of benzene rings is 1. The van der Waals surface area contributed by atoms with E-state index >= 15 is 0 Å². The summed E-state index contributed by atoms with van der Waals surface area (Å²) in [4.78, 5) is 38.5. The van der Waals surface area contributed by atoms with Crippen molar-refractivity contribution in [3.05, 3.63) is 61.2 Å². The number of amides is 2. The number of allylic oxidation sites excluding steroid dienone is 2. The van der Waals surface area contributed by atoms with Gasteiger partial charge in [-0.05, 0) is 24.8 Å². The van der Waals surface area contributed by atoms with Crippen LogP contribution in [0.1, 0.15) is 37.7 Å². The molecular weight excluding hydrogens is 396 g/mol. The van der Waals surface area contributed by atoms with E-state index in [9.17, 15) is 19.5 Å². The van der Waals surface area contributed by atoms with Crippen LogP contribution >= 0.6 is 0 Å². The van der Waals surface area contributed by atoms with Crippen molar-refractivity contribution < 1.29 is 24.2 Å². The molecule has 170 valence electrons. The van der Waals surface area contributed by atoms with Crippen LogP contribution in [0.2, 0.25) is 0 Å². The van der Waals surface area contributed by atoms with Crippen LogP contribution in [0.5, 0.6) is 0 Å². The number of ether oxygens (including phenoxy) is 1. The minimum absolute atomic E-state index is 0.00598. The Kier molecular flexibility index (Phi) is 13.3. The Morgan fingerprint density at radius 1 is 1.16 bits per heavy atom. The molecule has 0 saturated heterocycles. The lowest BCUT2D eigenvalue weighted by Crippen LogP contribution is -2.39. The highest BCUT2D eigenvalue weighted by Crippen LogP contribution is 2.14. The zero-order chi connectivity index (χ0) is 22.9. The molecule has 0 heterocycles. The predicted octanol–water partition coefficient (Wildman–Crippen LogP) is 2.61. The summed E-state index contributed by atoms with van der Waals surface area (Å²) in [6.45, 7) is 7.93. The number of hydrogen-bond acceptors (Lipinski definition) is 5. The second kappa shape index (κ2) is 15.8. The number of carbonyl (C=O) groups is 3. The van der Waals surface area contributed by atoms with Crippen molar-refractivity contribution in [1.82, 2.24) is 10.2 Å². The topological polar surface area (TPSA) is 95.9 Å². The molecule has 1 rings (SSSR count). The molecule has 0 unspecified atom stereocenters. The van der Waals surface area contributed by atoms with Gasteiger partial charge in [0, 0.05) is 25.9 Å². The van der Waals surface area contributed by atoms with Gasteiger partial charge in [0.05, 0.1) is 19.1 Å². The summed E-state index contributed by atoms with van der Waals surface area (Å²) < 4.78 is 5.09. The normalized spacial score (nSPS) is 11.3. The van der Waals surface area contributed by atoms with E-state index in [0.29, 0.717) is 25.8 Å². The highest BCUT2D eigenvalue weighted by Gasteiger charge is 2.24. The molecule has 7 heteroatoms. The first-order valence-electron chi connectivity index (χ1n) is 10.6. The smallest absolute Gasteiger partial charge is 0.305 e. The zero-order valence-corrected chi connectivity index (χ0v) is 18.1. The minimum Gasteiger partial charge on any atom is -0.464 e. The molecule has 0 aliphatic carbocycles. The summed E-state index contributed by atoms with van der Waals surface area (Å²) in [5.41, 5.74) is 0.948.